The largest absolute Gasteiger partial charge is 0.491 e. The van der Waals surface area contributed by atoms with Gasteiger partial charge in [-0.2, -0.15) is 0 Å². The van der Waals surface area contributed by atoms with Gasteiger partial charge in [-0.3, -0.25) is 10.1 Å². The summed E-state index contributed by atoms with van der Waals surface area (Å²) in [6.07, 6.45) is 3.58. The molecule has 1 heterocycles. The molecule has 4 nitrogen and oxygen atoms in total. The quantitative estimate of drug-likeness (QED) is 0.872. The zero-order valence-corrected chi connectivity index (χ0v) is 13.4. The van der Waals surface area contributed by atoms with E-state index in [0.717, 1.165) is 25.9 Å². The average Bonchev–Trinajstić information content (AvgIpc) is 2.47. The van der Waals surface area contributed by atoms with Gasteiger partial charge in [-0.05, 0) is 63.5 Å². The van der Waals surface area contributed by atoms with Crippen molar-refractivity contribution in [3.05, 3.63) is 29.8 Å². The first-order valence-electron chi connectivity index (χ1n) is 7.43. The van der Waals surface area contributed by atoms with Crippen LogP contribution >= 0.6 is 12.2 Å². The minimum absolute atomic E-state index is 0.0812. The monoisotopic (exact) mass is 306 g/mol. The number of ether oxygens (including phenoxy) is 1. The van der Waals surface area contributed by atoms with Crippen molar-refractivity contribution in [2.75, 3.05) is 13.1 Å². The summed E-state index contributed by atoms with van der Waals surface area (Å²) in [5, 5.41) is 3.33. The van der Waals surface area contributed by atoms with Crippen LogP contribution in [0.1, 0.15) is 43.5 Å². The molecule has 1 aliphatic rings. The number of carbonyl (C=O) groups excluding carboxylic acids is 1. The second kappa shape index (κ2) is 7.41. The van der Waals surface area contributed by atoms with E-state index in [9.17, 15) is 4.79 Å². The second-order valence-electron chi connectivity index (χ2n) is 5.50. The van der Waals surface area contributed by atoms with Crippen molar-refractivity contribution in [1.82, 2.24) is 10.2 Å². The second-order valence-corrected chi connectivity index (χ2v) is 5.89. The summed E-state index contributed by atoms with van der Waals surface area (Å²) >= 11 is 5.32. The van der Waals surface area contributed by atoms with E-state index < -0.39 is 0 Å². The Morgan fingerprint density at radius 1 is 1.29 bits per heavy atom. The molecule has 1 aliphatic heterocycles. The Labute approximate surface area is 131 Å². The normalized spacial score (nSPS) is 14.9. The van der Waals surface area contributed by atoms with Gasteiger partial charge in [0, 0.05) is 18.7 Å². The summed E-state index contributed by atoms with van der Waals surface area (Å²) in [6, 6.07) is 7.17. The fourth-order valence-electron chi connectivity index (χ4n) is 2.33. The molecule has 0 aliphatic carbocycles. The molecule has 114 valence electrons. The number of thiocarbonyl (C=S) groups is 1. The molecule has 1 aromatic carbocycles. The number of hydrogen-bond acceptors (Lipinski definition) is 3. The molecule has 0 saturated carbocycles. The van der Waals surface area contributed by atoms with Gasteiger partial charge in [0.15, 0.2) is 5.11 Å². The average molecular weight is 306 g/mol. The van der Waals surface area contributed by atoms with E-state index in [4.69, 9.17) is 17.0 Å². The third-order valence-electron chi connectivity index (χ3n) is 3.33. The fourth-order valence-corrected chi connectivity index (χ4v) is 2.60. The van der Waals surface area contributed by atoms with Crippen LogP contribution in [0, 0.1) is 0 Å². The van der Waals surface area contributed by atoms with Crippen molar-refractivity contribution in [3.8, 4) is 5.75 Å². The maximum absolute atomic E-state index is 12.3. The number of nitrogens with zero attached hydrogens (tertiary/aromatic N) is 1. The van der Waals surface area contributed by atoms with Crippen LogP contribution in [-0.2, 0) is 0 Å². The highest BCUT2D eigenvalue weighted by Crippen LogP contribution is 2.15. The number of benzene rings is 1. The SMILES string of the molecule is CC(C)Oc1cccc(C(=O)NC(=S)N2CCCCC2)c1. The zero-order valence-electron chi connectivity index (χ0n) is 12.6. The molecule has 21 heavy (non-hydrogen) atoms. The molecule has 0 aromatic heterocycles. The number of nitrogens with one attached hydrogen (secondary N) is 1. The number of hydrogen-bond donors (Lipinski definition) is 1. The van der Waals surface area contributed by atoms with Crippen molar-refractivity contribution in [3.63, 3.8) is 0 Å². The molecule has 1 N–H and O–H groups in total. The minimum atomic E-state index is -0.181. The topological polar surface area (TPSA) is 41.6 Å². The number of rotatable bonds is 3. The standard InChI is InChI=1S/C16H22N2O2S/c1-12(2)20-14-8-6-7-13(11-14)15(19)17-16(21)18-9-4-3-5-10-18/h6-8,11-12H,3-5,9-10H2,1-2H3,(H,17,19,21). The first-order chi connectivity index (χ1) is 10.1. The Balaban J connectivity index is 1.97. The maximum Gasteiger partial charge on any atom is 0.257 e. The van der Waals surface area contributed by atoms with Crippen molar-refractivity contribution >= 4 is 23.2 Å². The molecule has 1 amide bonds. The first-order valence-corrected chi connectivity index (χ1v) is 7.84. The van der Waals surface area contributed by atoms with Crippen LogP contribution < -0.4 is 10.1 Å². The third-order valence-corrected chi connectivity index (χ3v) is 3.69. The fraction of sp³-hybridized carbons (Fsp3) is 0.500. The lowest BCUT2D eigenvalue weighted by Gasteiger charge is -2.28. The van der Waals surface area contributed by atoms with Gasteiger partial charge in [-0.15, -0.1) is 0 Å². The van der Waals surface area contributed by atoms with Crippen LogP contribution in [0.4, 0.5) is 0 Å². The van der Waals surface area contributed by atoms with Gasteiger partial charge >= 0.3 is 0 Å². The third kappa shape index (κ3) is 4.70. The van der Waals surface area contributed by atoms with Crippen molar-refractivity contribution in [1.29, 1.82) is 0 Å². The molecule has 1 saturated heterocycles. The lowest BCUT2D eigenvalue weighted by molar-refractivity contribution is 0.0971. The first kappa shape index (κ1) is 15.8. The lowest BCUT2D eigenvalue weighted by Crippen LogP contribution is -2.44. The van der Waals surface area contributed by atoms with Crippen LogP contribution in [-0.4, -0.2) is 35.1 Å². The predicted octanol–water partition coefficient (Wildman–Crippen LogP) is 2.97. The molecule has 0 spiro atoms. The molecule has 1 aromatic rings. The van der Waals surface area contributed by atoms with Crippen LogP contribution in [0.15, 0.2) is 24.3 Å². The molecular formula is C16H22N2O2S. The molecular weight excluding hydrogens is 284 g/mol. The van der Waals surface area contributed by atoms with E-state index in [1.807, 2.05) is 26.0 Å². The van der Waals surface area contributed by atoms with Gasteiger partial charge in [-0.25, -0.2) is 0 Å². The summed E-state index contributed by atoms with van der Waals surface area (Å²) in [5.74, 6) is 0.515. The summed E-state index contributed by atoms with van der Waals surface area (Å²) in [5.41, 5.74) is 0.563. The van der Waals surface area contributed by atoms with Crippen molar-refractivity contribution < 1.29 is 9.53 Å². The van der Waals surface area contributed by atoms with E-state index in [-0.39, 0.29) is 12.0 Å². The predicted molar refractivity (Wildman–Crippen MR) is 87.7 cm³/mol. The molecule has 0 radical (unpaired) electrons. The Morgan fingerprint density at radius 3 is 2.67 bits per heavy atom. The van der Waals surface area contributed by atoms with Crippen LogP contribution in [0.3, 0.4) is 0 Å². The maximum atomic E-state index is 12.3. The van der Waals surface area contributed by atoms with Crippen molar-refractivity contribution in [2.24, 2.45) is 0 Å². The minimum Gasteiger partial charge on any atom is -0.491 e. The number of amides is 1. The Kier molecular flexibility index (Phi) is 5.56. The molecule has 5 heteroatoms. The van der Waals surface area contributed by atoms with E-state index in [2.05, 4.69) is 10.2 Å². The highest BCUT2D eigenvalue weighted by atomic mass is 32.1. The molecule has 2 rings (SSSR count). The van der Waals surface area contributed by atoms with Gasteiger partial charge in [0.2, 0.25) is 0 Å². The van der Waals surface area contributed by atoms with Crippen LogP contribution in [0.25, 0.3) is 0 Å². The Hall–Kier alpha value is -1.62. The number of piperidine rings is 1. The van der Waals surface area contributed by atoms with Gasteiger partial charge in [0.25, 0.3) is 5.91 Å². The van der Waals surface area contributed by atoms with Gasteiger partial charge in [0.05, 0.1) is 6.10 Å². The lowest BCUT2D eigenvalue weighted by atomic mass is 10.1. The highest BCUT2D eigenvalue weighted by Gasteiger charge is 2.16. The van der Waals surface area contributed by atoms with Gasteiger partial charge in [0.1, 0.15) is 5.75 Å². The molecule has 1 fully saturated rings. The molecule has 0 bridgehead atoms. The smallest absolute Gasteiger partial charge is 0.257 e. The molecule has 0 atom stereocenters. The van der Waals surface area contributed by atoms with Crippen LogP contribution in [0.5, 0.6) is 5.75 Å². The molecule has 0 unspecified atom stereocenters. The van der Waals surface area contributed by atoms with E-state index in [0.29, 0.717) is 16.4 Å². The summed E-state index contributed by atoms with van der Waals surface area (Å²) in [7, 11) is 0. The van der Waals surface area contributed by atoms with E-state index >= 15 is 0 Å². The van der Waals surface area contributed by atoms with Crippen molar-refractivity contribution in [2.45, 2.75) is 39.2 Å². The summed E-state index contributed by atoms with van der Waals surface area (Å²) in [6.45, 7) is 5.77. The number of carbonyl (C=O) groups is 1. The van der Waals surface area contributed by atoms with Crippen LogP contribution in [0.2, 0.25) is 0 Å². The van der Waals surface area contributed by atoms with Gasteiger partial charge in [-0.1, -0.05) is 6.07 Å². The van der Waals surface area contributed by atoms with E-state index in [1.165, 1.54) is 6.42 Å². The number of likely N-dealkylation sites (tertiary alicyclic amines) is 1. The Morgan fingerprint density at radius 2 is 2.00 bits per heavy atom. The van der Waals surface area contributed by atoms with E-state index in [1.54, 1.807) is 12.1 Å². The summed E-state index contributed by atoms with van der Waals surface area (Å²) < 4.78 is 5.60. The zero-order chi connectivity index (χ0) is 15.2. The van der Waals surface area contributed by atoms with Gasteiger partial charge < -0.3 is 9.64 Å². The Bertz CT molecular complexity index is 511. The highest BCUT2D eigenvalue weighted by molar-refractivity contribution is 7.80. The summed E-state index contributed by atoms with van der Waals surface area (Å²) in [4.78, 5) is 14.3.